The predicted octanol–water partition coefficient (Wildman–Crippen LogP) is 8.11. The molecule has 0 bridgehead atoms. The zero-order chi connectivity index (χ0) is 22.5. The third-order valence-electron chi connectivity index (χ3n) is 7.38. The van der Waals surface area contributed by atoms with Crippen molar-refractivity contribution in [3.63, 3.8) is 0 Å². The maximum atomic E-state index is 2.51. The van der Waals surface area contributed by atoms with E-state index in [2.05, 4.69) is 124 Å². The number of nitrogens with zero attached hydrogens (tertiary/aromatic N) is 2. The van der Waals surface area contributed by atoms with Gasteiger partial charge >= 0.3 is 0 Å². The molecule has 6 aromatic rings. The summed E-state index contributed by atoms with van der Waals surface area (Å²) in [5.41, 5.74) is 6.68. The highest BCUT2D eigenvalue weighted by Crippen LogP contribution is 2.32. The molecule has 0 aliphatic heterocycles. The predicted molar refractivity (Wildman–Crippen MR) is 144 cm³/mol. The molecule has 1 unspecified atom stereocenters. The van der Waals surface area contributed by atoms with Gasteiger partial charge in [-0.05, 0) is 42.2 Å². The zero-order valence-corrected chi connectivity index (χ0v) is 19.1. The third-order valence-corrected chi connectivity index (χ3v) is 7.38. The largest absolute Gasteiger partial charge is 0.340 e. The minimum absolute atomic E-state index is 0.501. The van der Waals surface area contributed by atoms with Crippen LogP contribution in [0, 0.1) is 5.92 Å². The SMILES string of the molecule is C1=CC(Cn2c3ccccc3c3ccccc32)CC=C1Cn1c2ccccc2c2ccccc21. The summed E-state index contributed by atoms with van der Waals surface area (Å²) in [6.45, 7) is 1.91. The van der Waals surface area contributed by atoms with Gasteiger partial charge in [0.1, 0.15) is 0 Å². The molecule has 164 valence electrons. The number of para-hydroxylation sites is 4. The fourth-order valence-corrected chi connectivity index (χ4v) is 5.75. The van der Waals surface area contributed by atoms with Crippen LogP contribution >= 0.6 is 0 Å². The second-order valence-electron chi connectivity index (χ2n) is 9.40. The van der Waals surface area contributed by atoms with Crippen molar-refractivity contribution in [3.8, 4) is 0 Å². The number of fused-ring (bicyclic) bond motifs is 6. The van der Waals surface area contributed by atoms with Crippen LogP contribution in [0.15, 0.2) is 121 Å². The highest BCUT2D eigenvalue weighted by molar-refractivity contribution is 6.08. The first kappa shape index (κ1) is 19.4. The molecule has 1 atom stereocenters. The van der Waals surface area contributed by atoms with Gasteiger partial charge in [-0.3, -0.25) is 0 Å². The average molecular weight is 439 g/mol. The molecule has 2 nitrogen and oxygen atoms in total. The topological polar surface area (TPSA) is 9.86 Å². The van der Waals surface area contributed by atoms with Gasteiger partial charge in [-0.15, -0.1) is 0 Å². The summed E-state index contributed by atoms with van der Waals surface area (Å²) in [6, 6.07) is 35.1. The van der Waals surface area contributed by atoms with Crippen LogP contribution in [0.5, 0.6) is 0 Å². The van der Waals surface area contributed by atoms with Crippen LogP contribution in [-0.4, -0.2) is 9.13 Å². The number of aromatic nitrogens is 2. The molecule has 0 saturated heterocycles. The minimum Gasteiger partial charge on any atom is -0.340 e. The molecule has 4 aromatic carbocycles. The van der Waals surface area contributed by atoms with E-state index in [1.165, 1.54) is 49.2 Å². The van der Waals surface area contributed by atoms with E-state index in [0.717, 1.165) is 19.5 Å². The molecule has 7 rings (SSSR count). The van der Waals surface area contributed by atoms with Gasteiger partial charge in [-0.25, -0.2) is 0 Å². The summed E-state index contributed by atoms with van der Waals surface area (Å²) in [5, 5.41) is 5.37. The van der Waals surface area contributed by atoms with Gasteiger partial charge < -0.3 is 9.13 Å². The average Bonchev–Trinajstić information content (AvgIpc) is 3.39. The molecular formula is C32H26N2. The van der Waals surface area contributed by atoms with Gasteiger partial charge in [0, 0.05) is 56.7 Å². The second-order valence-corrected chi connectivity index (χ2v) is 9.40. The lowest BCUT2D eigenvalue weighted by Crippen LogP contribution is -2.11. The van der Waals surface area contributed by atoms with Crippen molar-refractivity contribution in [2.24, 2.45) is 5.92 Å². The van der Waals surface area contributed by atoms with Gasteiger partial charge in [-0.2, -0.15) is 0 Å². The summed E-state index contributed by atoms with van der Waals surface area (Å²) in [4.78, 5) is 0. The van der Waals surface area contributed by atoms with Gasteiger partial charge in [-0.1, -0.05) is 91.0 Å². The lowest BCUT2D eigenvalue weighted by molar-refractivity contribution is 0.549. The highest BCUT2D eigenvalue weighted by Gasteiger charge is 2.16. The van der Waals surface area contributed by atoms with Crippen molar-refractivity contribution in [2.75, 3.05) is 0 Å². The Morgan fingerprint density at radius 2 is 1.00 bits per heavy atom. The highest BCUT2D eigenvalue weighted by atomic mass is 15.0. The van der Waals surface area contributed by atoms with Crippen molar-refractivity contribution < 1.29 is 0 Å². The molecular weight excluding hydrogens is 412 g/mol. The summed E-state index contributed by atoms with van der Waals surface area (Å²) in [7, 11) is 0. The molecule has 0 N–H and O–H groups in total. The van der Waals surface area contributed by atoms with Crippen molar-refractivity contribution in [1.82, 2.24) is 9.13 Å². The van der Waals surface area contributed by atoms with E-state index in [1.807, 2.05) is 0 Å². The van der Waals surface area contributed by atoms with Gasteiger partial charge in [0.15, 0.2) is 0 Å². The Bertz CT molecular complexity index is 1630. The Morgan fingerprint density at radius 1 is 0.559 bits per heavy atom. The number of rotatable bonds is 4. The van der Waals surface area contributed by atoms with Crippen molar-refractivity contribution in [2.45, 2.75) is 19.5 Å². The Morgan fingerprint density at radius 3 is 1.44 bits per heavy atom. The monoisotopic (exact) mass is 438 g/mol. The van der Waals surface area contributed by atoms with Gasteiger partial charge in [0.05, 0.1) is 0 Å². The molecule has 1 aliphatic rings. The van der Waals surface area contributed by atoms with Crippen LogP contribution in [0.3, 0.4) is 0 Å². The summed E-state index contributed by atoms with van der Waals surface area (Å²) < 4.78 is 4.97. The van der Waals surface area contributed by atoms with Crippen LogP contribution < -0.4 is 0 Å². The maximum Gasteiger partial charge on any atom is 0.0494 e. The summed E-state index contributed by atoms with van der Waals surface area (Å²) >= 11 is 0. The molecule has 1 aliphatic carbocycles. The van der Waals surface area contributed by atoms with Crippen LogP contribution in [0.2, 0.25) is 0 Å². The van der Waals surface area contributed by atoms with Gasteiger partial charge in [0.25, 0.3) is 0 Å². The number of hydrogen-bond acceptors (Lipinski definition) is 0. The van der Waals surface area contributed by atoms with Gasteiger partial charge in [0.2, 0.25) is 0 Å². The molecule has 2 heterocycles. The Hall–Kier alpha value is -4.04. The lowest BCUT2D eigenvalue weighted by atomic mass is 9.96. The first-order valence-electron chi connectivity index (χ1n) is 12.2. The molecule has 2 heteroatoms. The van der Waals surface area contributed by atoms with E-state index in [4.69, 9.17) is 0 Å². The number of benzene rings is 4. The molecule has 0 fully saturated rings. The lowest BCUT2D eigenvalue weighted by Gasteiger charge is -2.19. The number of allylic oxidation sites excluding steroid dienone is 4. The second kappa shape index (κ2) is 7.78. The van der Waals surface area contributed by atoms with Crippen molar-refractivity contribution >= 4 is 43.6 Å². The Balaban J connectivity index is 1.19. The smallest absolute Gasteiger partial charge is 0.0494 e. The van der Waals surface area contributed by atoms with E-state index in [1.54, 1.807) is 0 Å². The molecule has 0 amide bonds. The first-order valence-corrected chi connectivity index (χ1v) is 12.2. The molecule has 2 aromatic heterocycles. The molecule has 0 saturated carbocycles. The van der Waals surface area contributed by atoms with Crippen molar-refractivity contribution in [1.29, 1.82) is 0 Å². The molecule has 34 heavy (non-hydrogen) atoms. The van der Waals surface area contributed by atoms with E-state index in [-0.39, 0.29) is 0 Å². The zero-order valence-electron chi connectivity index (χ0n) is 19.1. The van der Waals surface area contributed by atoms with E-state index < -0.39 is 0 Å². The first-order chi connectivity index (χ1) is 16.9. The Kier molecular flexibility index (Phi) is 4.44. The summed E-state index contributed by atoms with van der Waals surface area (Å²) in [6.07, 6.45) is 8.30. The minimum atomic E-state index is 0.501. The summed E-state index contributed by atoms with van der Waals surface area (Å²) in [5.74, 6) is 0.501. The normalized spacial score (nSPS) is 16.1. The van der Waals surface area contributed by atoms with Crippen molar-refractivity contribution in [3.05, 3.63) is 121 Å². The maximum absolute atomic E-state index is 2.51. The van der Waals surface area contributed by atoms with Crippen LogP contribution in [0.25, 0.3) is 43.6 Å². The fraction of sp³-hybridized carbons (Fsp3) is 0.125. The van der Waals surface area contributed by atoms with E-state index in [0.29, 0.717) is 5.92 Å². The van der Waals surface area contributed by atoms with Crippen LogP contribution in [0.1, 0.15) is 6.42 Å². The quantitative estimate of drug-likeness (QED) is 0.263. The molecule has 0 spiro atoms. The molecule has 0 radical (unpaired) electrons. The standard InChI is InChI=1S/C32H26N2/c1-5-13-29-25(9-1)26-10-2-6-14-30(26)33(29)21-23-17-19-24(20-18-23)22-34-31-15-7-3-11-27(31)28-12-4-8-16-32(28)34/h1-19,24H,20-22H2. The third kappa shape index (κ3) is 3.03. The van der Waals surface area contributed by atoms with E-state index in [9.17, 15) is 0 Å². The Labute approximate surface area is 199 Å². The fourth-order valence-electron chi connectivity index (χ4n) is 5.75. The van der Waals surface area contributed by atoms with E-state index >= 15 is 0 Å². The van der Waals surface area contributed by atoms with Crippen LogP contribution in [0.4, 0.5) is 0 Å². The number of hydrogen-bond donors (Lipinski definition) is 0. The van der Waals surface area contributed by atoms with Crippen LogP contribution in [-0.2, 0) is 13.1 Å².